The minimum atomic E-state index is -3.65. The summed E-state index contributed by atoms with van der Waals surface area (Å²) in [7, 11) is -3.65. The van der Waals surface area contributed by atoms with Crippen molar-refractivity contribution in [3.8, 4) is 0 Å². The summed E-state index contributed by atoms with van der Waals surface area (Å²) in [5.41, 5.74) is 0.907. The SMILES string of the molecule is C[C@H](Cl)C(=O)NCCc1ccc(S(N)(=O)=O)cc1. The number of alkyl halides is 1. The normalized spacial score (nSPS) is 13.1. The second-order valence-corrected chi connectivity index (χ2v) is 6.06. The zero-order valence-corrected chi connectivity index (χ0v) is 11.5. The van der Waals surface area contributed by atoms with Crippen molar-refractivity contribution >= 4 is 27.5 Å². The van der Waals surface area contributed by atoms with E-state index in [4.69, 9.17) is 16.7 Å². The van der Waals surface area contributed by atoms with Crippen LogP contribution in [0.25, 0.3) is 0 Å². The molecule has 1 amide bonds. The zero-order chi connectivity index (χ0) is 13.8. The number of primary sulfonamides is 1. The molecule has 0 aromatic heterocycles. The summed E-state index contributed by atoms with van der Waals surface area (Å²) in [6.45, 7) is 2.04. The molecule has 3 N–H and O–H groups in total. The molecule has 0 saturated heterocycles. The Labute approximate surface area is 111 Å². The van der Waals surface area contributed by atoms with Crippen molar-refractivity contribution in [2.24, 2.45) is 5.14 Å². The molecule has 0 radical (unpaired) electrons. The third-order valence-electron chi connectivity index (χ3n) is 2.33. The second kappa shape index (κ2) is 6.17. The van der Waals surface area contributed by atoms with Gasteiger partial charge in [-0.05, 0) is 31.0 Å². The van der Waals surface area contributed by atoms with E-state index in [1.165, 1.54) is 12.1 Å². The van der Waals surface area contributed by atoms with Gasteiger partial charge in [0, 0.05) is 6.54 Å². The zero-order valence-electron chi connectivity index (χ0n) is 9.89. The van der Waals surface area contributed by atoms with Crippen molar-refractivity contribution in [2.45, 2.75) is 23.6 Å². The lowest BCUT2D eigenvalue weighted by atomic mass is 10.1. The highest BCUT2D eigenvalue weighted by molar-refractivity contribution is 7.89. The van der Waals surface area contributed by atoms with Crippen molar-refractivity contribution in [2.75, 3.05) is 6.54 Å². The fraction of sp³-hybridized carbons (Fsp3) is 0.364. The molecule has 0 unspecified atom stereocenters. The summed E-state index contributed by atoms with van der Waals surface area (Å²) in [6, 6.07) is 6.21. The largest absolute Gasteiger partial charge is 0.354 e. The molecule has 5 nitrogen and oxygen atoms in total. The van der Waals surface area contributed by atoms with E-state index >= 15 is 0 Å². The average molecular weight is 291 g/mol. The van der Waals surface area contributed by atoms with Gasteiger partial charge in [-0.25, -0.2) is 13.6 Å². The van der Waals surface area contributed by atoms with E-state index in [0.29, 0.717) is 13.0 Å². The average Bonchev–Trinajstić information content (AvgIpc) is 2.28. The molecule has 0 spiro atoms. The van der Waals surface area contributed by atoms with Crippen LogP contribution in [-0.4, -0.2) is 26.2 Å². The van der Waals surface area contributed by atoms with Crippen molar-refractivity contribution in [3.63, 3.8) is 0 Å². The Kier molecular flexibility index (Phi) is 5.13. The summed E-state index contributed by atoms with van der Waals surface area (Å²) < 4.78 is 22.1. The van der Waals surface area contributed by atoms with Crippen molar-refractivity contribution in [3.05, 3.63) is 29.8 Å². The summed E-state index contributed by atoms with van der Waals surface area (Å²) in [6.07, 6.45) is 0.597. The Hall–Kier alpha value is -1.11. The molecule has 7 heteroatoms. The molecular weight excluding hydrogens is 276 g/mol. The van der Waals surface area contributed by atoms with Gasteiger partial charge < -0.3 is 5.32 Å². The quantitative estimate of drug-likeness (QED) is 0.779. The van der Waals surface area contributed by atoms with Crippen LogP contribution in [-0.2, 0) is 21.2 Å². The van der Waals surface area contributed by atoms with Gasteiger partial charge in [-0.1, -0.05) is 12.1 Å². The fourth-order valence-electron chi connectivity index (χ4n) is 1.32. The molecule has 1 aromatic rings. The monoisotopic (exact) mass is 290 g/mol. The molecule has 100 valence electrons. The van der Waals surface area contributed by atoms with Crippen molar-refractivity contribution < 1.29 is 13.2 Å². The number of amides is 1. The van der Waals surface area contributed by atoms with Gasteiger partial charge in [-0.15, -0.1) is 11.6 Å². The highest BCUT2D eigenvalue weighted by Gasteiger charge is 2.08. The van der Waals surface area contributed by atoms with E-state index < -0.39 is 15.4 Å². The first-order valence-corrected chi connectivity index (χ1v) is 7.32. The highest BCUT2D eigenvalue weighted by atomic mass is 35.5. The number of benzene rings is 1. The topological polar surface area (TPSA) is 89.3 Å². The van der Waals surface area contributed by atoms with Crippen LogP contribution in [0.3, 0.4) is 0 Å². The Morgan fingerprint density at radius 2 is 1.94 bits per heavy atom. The number of rotatable bonds is 5. The van der Waals surface area contributed by atoms with Gasteiger partial charge in [0.15, 0.2) is 0 Å². The maximum absolute atomic E-state index is 11.2. The molecule has 0 fully saturated rings. The standard InChI is InChI=1S/C11H15ClN2O3S/c1-8(12)11(15)14-7-6-9-2-4-10(5-3-9)18(13,16)17/h2-5,8H,6-7H2,1H3,(H,14,15)(H2,13,16,17)/t8-/m0/s1. The molecule has 0 aliphatic carbocycles. The van der Waals surface area contributed by atoms with Gasteiger partial charge >= 0.3 is 0 Å². The third-order valence-corrected chi connectivity index (χ3v) is 3.45. The van der Waals surface area contributed by atoms with Gasteiger partial charge in [0.1, 0.15) is 5.38 Å². The molecule has 1 aromatic carbocycles. The number of carbonyl (C=O) groups is 1. The second-order valence-electron chi connectivity index (χ2n) is 3.85. The first-order valence-electron chi connectivity index (χ1n) is 5.34. The number of halogens is 1. The van der Waals surface area contributed by atoms with Crippen LogP contribution >= 0.6 is 11.6 Å². The highest BCUT2D eigenvalue weighted by Crippen LogP contribution is 2.08. The van der Waals surface area contributed by atoms with E-state index in [1.54, 1.807) is 19.1 Å². The summed E-state index contributed by atoms with van der Waals surface area (Å²) >= 11 is 5.59. The molecular formula is C11H15ClN2O3S. The van der Waals surface area contributed by atoms with E-state index in [0.717, 1.165) is 5.56 Å². The van der Waals surface area contributed by atoms with E-state index in [9.17, 15) is 13.2 Å². The lowest BCUT2D eigenvalue weighted by Gasteiger charge is -2.06. The van der Waals surface area contributed by atoms with Crippen LogP contribution in [0.4, 0.5) is 0 Å². The number of nitrogens with one attached hydrogen (secondary N) is 1. The molecule has 0 saturated carbocycles. The molecule has 18 heavy (non-hydrogen) atoms. The van der Waals surface area contributed by atoms with Crippen LogP contribution < -0.4 is 10.5 Å². The maximum Gasteiger partial charge on any atom is 0.238 e. The van der Waals surface area contributed by atoms with Gasteiger partial charge in [0.2, 0.25) is 15.9 Å². The van der Waals surface area contributed by atoms with Crippen LogP contribution in [0, 0.1) is 0 Å². The number of hydrogen-bond donors (Lipinski definition) is 2. The van der Waals surface area contributed by atoms with E-state index in [2.05, 4.69) is 5.32 Å². The third kappa shape index (κ3) is 4.64. The predicted octanol–water partition coefficient (Wildman–Crippen LogP) is 0.620. The molecule has 0 aliphatic rings. The predicted molar refractivity (Wildman–Crippen MR) is 69.8 cm³/mol. The van der Waals surface area contributed by atoms with Gasteiger partial charge in [0.05, 0.1) is 4.90 Å². The van der Waals surface area contributed by atoms with Crippen molar-refractivity contribution in [1.82, 2.24) is 5.32 Å². The molecule has 0 bridgehead atoms. The Bertz CT molecular complexity index is 512. The molecule has 0 heterocycles. The fourth-order valence-corrected chi connectivity index (χ4v) is 1.91. The first-order chi connectivity index (χ1) is 8.30. The van der Waals surface area contributed by atoms with Gasteiger partial charge in [-0.2, -0.15) is 0 Å². The van der Waals surface area contributed by atoms with Crippen molar-refractivity contribution in [1.29, 1.82) is 0 Å². The summed E-state index contributed by atoms with van der Waals surface area (Å²) in [4.78, 5) is 11.3. The van der Waals surface area contributed by atoms with E-state index in [-0.39, 0.29) is 10.8 Å². The maximum atomic E-state index is 11.2. The summed E-state index contributed by atoms with van der Waals surface area (Å²) in [5.74, 6) is -0.224. The number of sulfonamides is 1. The van der Waals surface area contributed by atoms with Crippen LogP contribution in [0.5, 0.6) is 0 Å². The Morgan fingerprint density at radius 1 is 1.39 bits per heavy atom. The van der Waals surface area contributed by atoms with Crippen LogP contribution in [0.2, 0.25) is 0 Å². The summed E-state index contributed by atoms with van der Waals surface area (Å²) in [5, 5.41) is 7.08. The van der Waals surface area contributed by atoms with Crippen LogP contribution in [0.15, 0.2) is 29.2 Å². The minimum absolute atomic E-state index is 0.0738. The molecule has 1 rings (SSSR count). The first kappa shape index (κ1) is 14.9. The molecule has 0 aliphatic heterocycles. The van der Waals surface area contributed by atoms with Gasteiger partial charge in [0.25, 0.3) is 0 Å². The molecule has 1 atom stereocenters. The lowest BCUT2D eigenvalue weighted by molar-refractivity contribution is -0.120. The number of nitrogens with two attached hydrogens (primary N) is 1. The minimum Gasteiger partial charge on any atom is -0.354 e. The number of hydrogen-bond acceptors (Lipinski definition) is 3. The number of carbonyl (C=O) groups excluding carboxylic acids is 1. The van der Waals surface area contributed by atoms with E-state index in [1.807, 2.05) is 0 Å². The Balaban J connectivity index is 2.53. The lowest BCUT2D eigenvalue weighted by Crippen LogP contribution is -2.31. The Morgan fingerprint density at radius 3 is 2.39 bits per heavy atom. The smallest absolute Gasteiger partial charge is 0.238 e. The van der Waals surface area contributed by atoms with Crippen LogP contribution in [0.1, 0.15) is 12.5 Å². The van der Waals surface area contributed by atoms with Gasteiger partial charge in [-0.3, -0.25) is 4.79 Å².